The van der Waals surface area contributed by atoms with Crippen molar-refractivity contribution in [1.82, 2.24) is 0 Å². The van der Waals surface area contributed by atoms with Crippen molar-refractivity contribution in [2.75, 3.05) is 0 Å². The zero-order chi connectivity index (χ0) is 34.3. The topological polar surface area (TPSA) is 38.4 Å². The number of benzene rings is 5. The Bertz CT molecular complexity index is 2180. The fraction of sp³-hybridized carbons (Fsp3) is 0.104. The first-order chi connectivity index (χ1) is 24.6. The Kier molecular flexibility index (Phi) is 9.53. The number of nitrogens with zero attached hydrogens (tertiary/aromatic N) is 1. The predicted octanol–water partition coefficient (Wildman–Crippen LogP) is 11.4. The maximum absolute atomic E-state index is 6.55. The first-order valence-corrected chi connectivity index (χ1v) is 17.4. The van der Waals surface area contributed by atoms with Gasteiger partial charge in [0.25, 0.3) is 0 Å². The Balaban J connectivity index is 1.29. The second-order valence-corrected chi connectivity index (χ2v) is 12.7. The summed E-state index contributed by atoms with van der Waals surface area (Å²) in [5.41, 5.74) is 21.4. The van der Waals surface area contributed by atoms with Gasteiger partial charge in [0.1, 0.15) is 0 Å². The Morgan fingerprint density at radius 3 is 2.16 bits per heavy atom. The minimum absolute atomic E-state index is 0.412. The lowest BCUT2D eigenvalue weighted by Gasteiger charge is -2.36. The van der Waals surface area contributed by atoms with E-state index in [1.54, 1.807) is 0 Å². The Hall–Kier alpha value is -5.99. The SMILES string of the molecule is C=C/C=C\C(=C/C)C1(c2ccccc2)C2=C(CCC=C2)c2c(-c3ccc(CN=C(/C=C(\N)c4ccccc4)c4ccccc4)cc3)cccc21. The molecule has 0 heterocycles. The first kappa shape index (κ1) is 32.6. The summed E-state index contributed by atoms with van der Waals surface area (Å²) in [6.45, 7) is 6.68. The van der Waals surface area contributed by atoms with Crippen molar-refractivity contribution < 1.29 is 0 Å². The molecule has 7 rings (SSSR count). The summed E-state index contributed by atoms with van der Waals surface area (Å²) in [7, 11) is 0. The lowest BCUT2D eigenvalue weighted by Crippen LogP contribution is -2.30. The maximum atomic E-state index is 6.55. The van der Waals surface area contributed by atoms with Gasteiger partial charge in [-0.1, -0.05) is 176 Å². The smallest absolute Gasteiger partial charge is 0.0707 e. The minimum atomic E-state index is -0.412. The van der Waals surface area contributed by atoms with E-state index in [0.29, 0.717) is 12.2 Å². The summed E-state index contributed by atoms with van der Waals surface area (Å²) in [6, 6.07) is 47.1. The molecule has 1 unspecified atom stereocenters. The van der Waals surface area contributed by atoms with E-state index in [2.05, 4.69) is 129 Å². The van der Waals surface area contributed by atoms with E-state index < -0.39 is 5.41 Å². The van der Waals surface area contributed by atoms with E-state index in [9.17, 15) is 0 Å². The Morgan fingerprint density at radius 2 is 1.48 bits per heavy atom. The number of hydrogen-bond donors (Lipinski definition) is 1. The summed E-state index contributed by atoms with van der Waals surface area (Å²) >= 11 is 0. The van der Waals surface area contributed by atoms with Crippen molar-refractivity contribution in [3.8, 4) is 11.1 Å². The molecule has 2 aliphatic carbocycles. The number of aliphatic imine (C=N–C) groups is 1. The van der Waals surface area contributed by atoms with Crippen molar-refractivity contribution in [3.05, 3.63) is 227 Å². The molecule has 0 aliphatic heterocycles. The largest absolute Gasteiger partial charge is 0.398 e. The zero-order valence-corrected chi connectivity index (χ0v) is 28.6. The average Bonchev–Trinajstić information content (AvgIpc) is 3.49. The van der Waals surface area contributed by atoms with Crippen LogP contribution in [0.5, 0.6) is 0 Å². The van der Waals surface area contributed by atoms with Crippen LogP contribution in [0.1, 0.15) is 53.1 Å². The molecule has 50 heavy (non-hydrogen) atoms. The molecular weight excluding hydrogens is 605 g/mol. The summed E-state index contributed by atoms with van der Waals surface area (Å²) in [4.78, 5) is 5.08. The van der Waals surface area contributed by atoms with Gasteiger partial charge in [0.05, 0.1) is 17.7 Å². The van der Waals surface area contributed by atoms with Gasteiger partial charge < -0.3 is 5.73 Å². The van der Waals surface area contributed by atoms with Crippen LogP contribution in [0.4, 0.5) is 0 Å². The number of hydrogen-bond acceptors (Lipinski definition) is 2. The molecule has 0 spiro atoms. The summed E-state index contributed by atoms with van der Waals surface area (Å²) in [6.07, 6.45) is 17.2. The number of rotatable bonds is 10. The van der Waals surface area contributed by atoms with Crippen LogP contribution in [0.3, 0.4) is 0 Å². The fourth-order valence-electron chi connectivity index (χ4n) is 7.59. The first-order valence-electron chi connectivity index (χ1n) is 17.4. The predicted molar refractivity (Wildman–Crippen MR) is 213 cm³/mol. The Labute approximate surface area is 296 Å². The summed E-state index contributed by atoms with van der Waals surface area (Å²) in [5.74, 6) is 0. The quantitative estimate of drug-likeness (QED) is 0.119. The van der Waals surface area contributed by atoms with Gasteiger partial charge in [-0.2, -0.15) is 0 Å². The fourth-order valence-corrected chi connectivity index (χ4v) is 7.59. The van der Waals surface area contributed by atoms with Crippen molar-refractivity contribution in [2.24, 2.45) is 10.7 Å². The highest BCUT2D eigenvalue weighted by molar-refractivity contribution is 6.12. The van der Waals surface area contributed by atoms with E-state index in [4.69, 9.17) is 10.7 Å². The van der Waals surface area contributed by atoms with Crippen LogP contribution in [0.25, 0.3) is 22.4 Å². The zero-order valence-electron chi connectivity index (χ0n) is 28.6. The van der Waals surface area contributed by atoms with E-state index in [1.165, 1.54) is 44.5 Å². The van der Waals surface area contributed by atoms with Crippen LogP contribution in [0.15, 0.2) is 199 Å². The van der Waals surface area contributed by atoms with Gasteiger partial charge in [-0.15, -0.1) is 0 Å². The second-order valence-electron chi connectivity index (χ2n) is 12.7. The minimum Gasteiger partial charge on any atom is -0.398 e. The molecule has 5 aromatic carbocycles. The third-order valence-electron chi connectivity index (χ3n) is 9.87. The molecular formula is C48H42N2. The third-order valence-corrected chi connectivity index (χ3v) is 9.87. The molecule has 0 bridgehead atoms. The highest BCUT2D eigenvalue weighted by Gasteiger charge is 2.48. The molecule has 0 saturated carbocycles. The third kappa shape index (κ3) is 6.06. The van der Waals surface area contributed by atoms with Gasteiger partial charge in [0.2, 0.25) is 0 Å². The second kappa shape index (κ2) is 14.6. The number of fused-ring (bicyclic) bond motifs is 2. The average molecular weight is 647 g/mol. The lowest BCUT2D eigenvalue weighted by molar-refractivity contribution is 0.753. The van der Waals surface area contributed by atoms with Gasteiger partial charge >= 0.3 is 0 Å². The van der Waals surface area contributed by atoms with E-state index in [1.807, 2.05) is 60.7 Å². The standard InChI is InChI=1S/C48H42N2/c1-3-5-22-39(4-2)48(40-23-13-8-14-24-40)43-27-16-15-25-42(43)47-41(26-17-28-44(47)48)36-31-29-35(30-32-36)34-50-46(38-20-11-7-12-21-38)33-45(49)37-18-9-6-10-19-37/h3-14,16-24,26-33H,1,15,25,34,49H2,2H3/b22-5-,39-4+,45-33-,50-46?. The molecule has 244 valence electrons. The molecule has 2 heteroatoms. The van der Waals surface area contributed by atoms with Gasteiger partial charge in [-0.3, -0.25) is 4.99 Å². The molecule has 2 aliphatic rings. The van der Waals surface area contributed by atoms with Crippen molar-refractivity contribution in [2.45, 2.75) is 31.7 Å². The van der Waals surface area contributed by atoms with E-state index >= 15 is 0 Å². The number of allylic oxidation sites excluding steroid dienone is 10. The van der Waals surface area contributed by atoms with Gasteiger partial charge in [-0.05, 0) is 87.1 Å². The monoisotopic (exact) mass is 646 g/mol. The lowest BCUT2D eigenvalue weighted by atomic mass is 9.65. The number of nitrogens with two attached hydrogens (primary N) is 1. The van der Waals surface area contributed by atoms with E-state index in [-0.39, 0.29) is 0 Å². The molecule has 0 radical (unpaired) electrons. The molecule has 0 fully saturated rings. The van der Waals surface area contributed by atoms with Crippen molar-refractivity contribution >= 4 is 17.0 Å². The molecule has 0 saturated heterocycles. The molecule has 2 N–H and O–H groups in total. The van der Waals surface area contributed by atoms with Gasteiger partial charge in [0.15, 0.2) is 0 Å². The van der Waals surface area contributed by atoms with Crippen LogP contribution >= 0.6 is 0 Å². The molecule has 2 nitrogen and oxygen atoms in total. The van der Waals surface area contributed by atoms with Gasteiger partial charge in [0, 0.05) is 5.70 Å². The maximum Gasteiger partial charge on any atom is 0.0707 e. The molecule has 0 aromatic heterocycles. The van der Waals surface area contributed by atoms with Crippen molar-refractivity contribution in [1.29, 1.82) is 0 Å². The van der Waals surface area contributed by atoms with Crippen LogP contribution in [-0.4, -0.2) is 5.71 Å². The van der Waals surface area contributed by atoms with E-state index in [0.717, 1.165) is 35.2 Å². The summed E-state index contributed by atoms with van der Waals surface area (Å²) in [5, 5.41) is 0. The van der Waals surface area contributed by atoms with Crippen LogP contribution in [0.2, 0.25) is 0 Å². The molecule has 0 amide bonds. The molecule has 5 aromatic rings. The van der Waals surface area contributed by atoms with Crippen LogP contribution in [0, 0.1) is 0 Å². The summed E-state index contributed by atoms with van der Waals surface area (Å²) < 4.78 is 0. The normalized spacial score (nSPS) is 17.6. The van der Waals surface area contributed by atoms with Crippen LogP contribution in [-0.2, 0) is 12.0 Å². The van der Waals surface area contributed by atoms with Crippen molar-refractivity contribution in [3.63, 3.8) is 0 Å². The Morgan fingerprint density at radius 1 is 0.800 bits per heavy atom. The molecule has 1 atom stereocenters. The van der Waals surface area contributed by atoms with Crippen LogP contribution < -0.4 is 5.73 Å². The highest BCUT2D eigenvalue weighted by atomic mass is 14.7. The highest BCUT2D eigenvalue weighted by Crippen LogP contribution is 2.59. The van der Waals surface area contributed by atoms with Gasteiger partial charge in [-0.25, -0.2) is 0 Å².